The molecule has 12 nitrogen and oxygen atoms in total. The topological polar surface area (TPSA) is 137 Å². The minimum absolute atomic E-state index is 0.000294. The van der Waals surface area contributed by atoms with Gasteiger partial charge in [0.2, 0.25) is 11.8 Å². The molecule has 36 heavy (non-hydrogen) atoms. The van der Waals surface area contributed by atoms with Gasteiger partial charge in [0.05, 0.1) is 31.7 Å². The predicted octanol–water partition coefficient (Wildman–Crippen LogP) is 3.15. The molecule has 0 spiro atoms. The number of hydrogen-bond donors (Lipinski definition) is 3. The summed E-state index contributed by atoms with van der Waals surface area (Å²) in [6, 6.07) is 2.72. The molecule has 0 aromatic carbocycles. The van der Waals surface area contributed by atoms with Crippen LogP contribution in [0.2, 0.25) is 0 Å². The minimum atomic E-state index is -4.81. The molecule has 1 aliphatic rings. The number of carbonyl (C=O) groups excluding carboxylic acids is 1. The van der Waals surface area contributed by atoms with Crippen LogP contribution in [0.3, 0.4) is 0 Å². The molecule has 0 bridgehead atoms. The van der Waals surface area contributed by atoms with Gasteiger partial charge in [-0.25, -0.2) is 14.2 Å². The highest BCUT2D eigenvalue weighted by molar-refractivity contribution is 5.67. The van der Waals surface area contributed by atoms with Gasteiger partial charge in [0.1, 0.15) is 11.8 Å². The maximum absolute atomic E-state index is 14.9. The number of methoxy groups -OCH3 is 1. The number of carbonyl (C=O) groups is 1. The normalized spacial score (nSPS) is 20.2. The molecule has 1 saturated heterocycles. The van der Waals surface area contributed by atoms with E-state index in [0.717, 1.165) is 0 Å². The first-order valence-corrected chi connectivity index (χ1v) is 10.7. The van der Waals surface area contributed by atoms with Crippen LogP contribution >= 0.6 is 0 Å². The molecule has 3 atom stereocenters. The number of anilines is 2. The number of ether oxygens (including phenoxy) is 4. The predicted molar refractivity (Wildman–Crippen MR) is 114 cm³/mol. The summed E-state index contributed by atoms with van der Waals surface area (Å²) in [6.45, 7) is 2.55. The van der Waals surface area contributed by atoms with Crippen molar-refractivity contribution in [2.45, 2.75) is 51.2 Å². The molecule has 4 heterocycles. The number of hydrogen-bond acceptors (Lipinski definition) is 9. The first-order valence-electron chi connectivity index (χ1n) is 10.7. The summed E-state index contributed by atoms with van der Waals surface area (Å²) in [5.41, 5.74) is 0.508. The van der Waals surface area contributed by atoms with E-state index < -0.39 is 37.4 Å². The molecule has 1 fully saturated rings. The highest BCUT2D eigenvalue weighted by atomic mass is 19.4. The zero-order valence-corrected chi connectivity index (χ0v) is 19.3. The number of aromatic nitrogens is 5. The van der Waals surface area contributed by atoms with E-state index in [2.05, 4.69) is 35.5 Å². The molecule has 0 radical (unpaired) electrons. The van der Waals surface area contributed by atoms with Crippen molar-refractivity contribution in [3.63, 3.8) is 0 Å². The standard InChI is InChI=1S/C20H23F4N7O5/c1-9(2)25-19(32)36-12-8-34-17(16(12)21)11-4-13(30-29-11)27-18-28-15(33-3)5-14-26-10(6-31(14)18)7-35-20(22,23)24/h4-6,9,12,16-17H,7-8H2,1-3H3,(H,25,32)(H2,27,28,29,30)/t12-,16+,17-/m1/s1. The molecule has 16 heteroatoms. The number of rotatable bonds is 8. The Kier molecular flexibility index (Phi) is 7.16. The highest BCUT2D eigenvalue weighted by Crippen LogP contribution is 2.34. The second kappa shape index (κ2) is 10.1. The van der Waals surface area contributed by atoms with E-state index in [-0.39, 0.29) is 47.3 Å². The van der Waals surface area contributed by atoms with E-state index in [0.29, 0.717) is 0 Å². The van der Waals surface area contributed by atoms with Crippen molar-refractivity contribution < 1.29 is 41.3 Å². The van der Waals surface area contributed by atoms with Crippen molar-refractivity contribution in [3.05, 3.63) is 29.7 Å². The molecule has 1 amide bonds. The lowest BCUT2D eigenvalue weighted by Gasteiger charge is -2.16. The number of alkyl carbamates (subject to hydrolysis) is 1. The summed E-state index contributed by atoms with van der Waals surface area (Å²) in [4.78, 5) is 20.1. The quantitative estimate of drug-likeness (QED) is 0.385. The number of nitrogens with zero attached hydrogens (tertiary/aromatic N) is 4. The van der Waals surface area contributed by atoms with E-state index in [1.807, 2.05) is 0 Å². The Labute approximate surface area is 201 Å². The summed E-state index contributed by atoms with van der Waals surface area (Å²) in [5.74, 6) is 0.452. The largest absolute Gasteiger partial charge is 0.522 e. The molecule has 0 unspecified atom stereocenters. The Bertz CT molecular complexity index is 1210. The molecule has 3 aromatic heterocycles. The van der Waals surface area contributed by atoms with Crippen LogP contribution in [0.1, 0.15) is 31.3 Å². The Morgan fingerprint density at radius 1 is 1.33 bits per heavy atom. The number of fused-ring (bicyclic) bond motifs is 1. The van der Waals surface area contributed by atoms with Gasteiger partial charge in [-0.05, 0) is 13.8 Å². The van der Waals surface area contributed by atoms with Crippen molar-refractivity contribution >= 4 is 23.5 Å². The Balaban J connectivity index is 1.49. The molecular formula is C20H23F4N7O5. The van der Waals surface area contributed by atoms with E-state index >= 15 is 0 Å². The van der Waals surface area contributed by atoms with Crippen molar-refractivity contribution in [1.29, 1.82) is 0 Å². The smallest absolute Gasteiger partial charge is 0.481 e. The summed E-state index contributed by atoms with van der Waals surface area (Å²) in [5, 5.41) is 12.1. The molecule has 3 N–H and O–H groups in total. The van der Waals surface area contributed by atoms with Crippen LogP contribution in [0.5, 0.6) is 5.88 Å². The number of H-pyrrole nitrogens is 1. The van der Waals surface area contributed by atoms with Gasteiger partial charge in [-0.2, -0.15) is 10.1 Å². The number of halogens is 4. The first kappa shape index (κ1) is 25.4. The highest BCUT2D eigenvalue weighted by Gasteiger charge is 2.42. The summed E-state index contributed by atoms with van der Waals surface area (Å²) in [6.07, 6.45) is -8.06. The van der Waals surface area contributed by atoms with E-state index in [1.54, 1.807) is 13.8 Å². The molecule has 1 aliphatic heterocycles. The molecule has 3 aromatic rings. The van der Waals surface area contributed by atoms with Crippen LogP contribution in [-0.4, -0.2) is 69.1 Å². The molecule has 196 valence electrons. The van der Waals surface area contributed by atoms with Crippen molar-refractivity contribution in [3.8, 4) is 5.88 Å². The number of amides is 1. The van der Waals surface area contributed by atoms with Gasteiger partial charge in [-0.1, -0.05) is 0 Å². The maximum atomic E-state index is 14.9. The van der Waals surface area contributed by atoms with Crippen LogP contribution in [0, 0.1) is 0 Å². The summed E-state index contributed by atoms with van der Waals surface area (Å²) in [7, 11) is 1.37. The Morgan fingerprint density at radius 2 is 2.11 bits per heavy atom. The second-order valence-corrected chi connectivity index (χ2v) is 8.09. The van der Waals surface area contributed by atoms with E-state index in [4.69, 9.17) is 14.2 Å². The maximum Gasteiger partial charge on any atom is 0.522 e. The van der Waals surface area contributed by atoms with Crippen LogP contribution in [0.4, 0.5) is 34.1 Å². The number of nitrogens with one attached hydrogen (secondary N) is 3. The van der Waals surface area contributed by atoms with Gasteiger partial charge in [0, 0.05) is 24.4 Å². The average molecular weight is 517 g/mol. The third-order valence-electron chi connectivity index (χ3n) is 4.97. The van der Waals surface area contributed by atoms with Gasteiger partial charge in [0.25, 0.3) is 0 Å². The van der Waals surface area contributed by atoms with Gasteiger partial charge in [0.15, 0.2) is 18.1 Å². The SMILES string of the molecule is COc1cc2nc(COC(F)(F)F)cn2c(Nc2cc([C@H]3OC[C@@H](OC(=O)NC(C)C)[C@@H]3F)[nH]n2)n1. The lowest BCUT2D eigenvalue weighted by Crippen LogP contribution is -2.36. The fourth-order valence-corrected chi connectivity index (χ4v) is 3.44. The first-order chi connectivity index (χ1) is 17.0. The molecule has 0 aliphatic carbocycles. The van der Waals surface area contributed by atoms with Crippen LogP contribution in [0.25, 0.3) is 5.65 Å². The van der Waals surface area contributed by atoms with Gasteiger partial charge >= 0.3 is 12.5 Å². The minimum Gasteiger partial charge on any atom is -0.481 e. The summed E-state index contributed by atoms with van der Waals surface area (Å²) < 4.78 is 73.0. The molecule has 0 saturated carbocycles. The zero-order chi connectivity index (χ0) is 26.0. The van der Waals surface area contributed by atoms with Gasteiger partial charge in [-0.15, -0.1) is 13.2 Å². The van der Waals surface area contributed by atoms with Crippen molar-refractivity contribution in [2.75, 3.05) is 19.0 Å². The lowest BCUT2D eigenvalue weighted by atomic mass is 10.1. The fourth-order valence-electron chi connectivity index (χ4n) is 3.44. The van der Waals surface area contributed by atoms with Gasteiger partial charge < -0.3 is 24.8 Å². The molecular weight excluding hydrogens is 494 g/mol. The third-order valence-corrected chi connectivity index (χ3v) is 4.97. The fraction of sp³-hybridized carbons (Fsp3) is 0.500. The van der Waals surface area contributed by atoms with Crippen LogP contribution in [-0.2, 0) is 20.8 Å². The van der Waals surface area contributed by atoms with Crippen LogP contribution in [0.15, 0.2) is 18.3 Å². The van der Waals surface area contributed by atoms with Crippen LogP contribution < -0.4 is 15.4 Å². The van der Waals surface area contributed by atoms with Gasteiger partial charge in [-0.3, -0.25) is 14.2 Å². The monoisotopic (exact) mass is 517 g/mol. The summed E-state index contributed by atoms with van der Waals surface area (Å²) >= 11 is 0. The Hall–Kier alpha value is -3.66. The third kappa shape index (κ3) is 5.93. The Morgan fingerprint density at radius 3 is 2.81 bits per heavy atom. The van der Waals surface area contributed by atoms with Crippen molar-refractivity contribution in [2.24, 2.45) is 0 Å². The van der Waals surface area contributed by atoms with E-state index in [9.17, 15) is 22.4 Å². The zero-order valence-electron chi connectivity index (χ0n) is 19.3. The van der Waals surface area contributed by atoms with Crippen molar-refractivity contribution in [1.82, 2.24) is 29.9 Å². The molecule has 4 rings (SSSR count). The number of imidazole rings is 1. The average Bonchev–Trinajstić information content (AvgIpc) is 3.50. The second-order valence-electron chi connectivity index (χ2n) is 8.09. The van der Waals surface area contributed by atoms with E-state index in [1.165, 1.54) is 29.8 Å². The number of aromatic amines is 1. The number of alkyl halides is 4. The lowest BCUT2D eigenvalue weighted by molar-refractivity contribution is -0.330.